The van der Waals surface area contributed by atoms with Gasteiger partial charge in [-0.1, -0.05) is 27.2 Å². The van der Waals surface area contributed by atoms with E-state index in [1.165, 1.54) is 4.90 Å². The summed E-state index contributed by atoms with van der Waals surface area (Å²) in [6, 6.07) is -0.104. The normalized spacial score (nSPS) is 16.4. The summed E-state index contributed by atoms with van der Waals surface area (Å²) < 4.78 is 0. The molecule has 0 aromatic carbocycles. The summed E-state index contributed by atoms with van der Waals surface area (Å²) in [5.74, 6) is -0.617. The summed E-state index contributed by atoms with van der Waals surface area (Å²) in [6.07, 6.45) is 2.53. The Labute approximate surface area is 104 Å². The van der Waals surface area contributed by atoms with Crippen LogP contribution in [-0.2, 0) is 9.59 Å². The molecule has 0 saturated heterocycles. The third kappa shape index (κ3) is 3.45. The van der Waals surface area contributed by atoms with Crippen molar-refractivity contribution in [3.05, 3.63) is 0 Å². The fourth-order valence-electron chi connectivity index (χ4n) is 2.22. The molecule has 0 heterocycles. The first-order chi connectivity index (χ1) is 7.85. The van der Waals surface area contributed by atoms with Gasteiger partial charge in [-0.05, 0) is 32.6 Å². The van der Waals surface area contributed by atoms with Gasteiger partial charge in [-0.3, -0.25) is 4.79 Å². The van der Waals surface area contributed by atoms with Crippen molar-refractivity contribution in [2.75, 3.05) is 0 Å². The van der Waals surface area contributed by atoms with Crippen molar-refractivity contribution in [2.45, 2.75) is 65.5 Å². The molecule has 1 amide bonds. The van der Waals surface area contributed by atoms with E-state index in [-0.39, 0.29) is 12.0 Å². The van der Waals surface area contributed by atoms with E-state index >= 15 is 0 Å². The molecule has 0 aliphatic rings. The van der Waals surface area contributed by atoms with E-state index in [1.807, 2.05) is 34.6 Å². The Morgan fingerprint density at radius 1 is 1.35 bits per heavy atom. The Kier molecular flexibility index (Phi) is 6.21. The van der Waals surface area contributed by atoms with Gasteiger partial charge in [0.1, 0.15) is 5.54 Å². The molecule has 17 heavy (non-hydrogen) atoms. The van der Waals surface area contributed by atoms with E-state index in [4.69, 9.17) is 0 Å². The summed E-state index contributed by atoms with van der Waals surface area (Å²) in [7, 11) is 0. The number of nitrogens with zero attached hydrogens (tertiary/aromatic N) is 1. The van der Waals surface area contributed by atoms with Gasteiger partial charge in [-0.25, -0.2) is 4.79 Å². The minimum atomic E-state index is -1.06. The van der Waals surface area contributed by atoms with E-state index < -0.39 is 11.5 Å². The standard InChI is InChI=1S/C13H25NO3/c1-6-11(5)8-13(7-2,12(16)17)14(9-15)10(3)4/h9-11H,6-8H2,1-5H3,(H,16,17). The summed E-state index contributed by atoms with van der Waals surface area (Å²) in [5, 5.41) is 9.52. The van der Waals surface area contributed by atoms with Gasteiger partial charge in [0.2, 0.25) is 6.41 Å². The zero-order valence-electron chi connectivity index (χ0n) is 11.6. The van der Waals surface area contributed by atoms with Gasteiger partial charge < -0.3 is 10.0 Å². The fourth-order valence-corrected chi connectivity index (χ4v) is 2.22. The van der Waals surface area contributed by atoms with Crippen LogP contribution in [0.15, 0.2) is 0 Å². The lowest BCUT2D eigenvalue weighted by atomic mass is 9.82. The first kappa shape index (κ1) is 15.9. The van der Waals surface area contributed by atoms with E-state index in [9.17, 15) is 14.7 Å². The molecule has 0 fully saturated rings. The van der Waals surface area contributed by atoms with Crippen molar-refractivity contribution in [3.8, 4) is 0 Å². The largest absolute Gasteiger partial charge is 0.479 e. The Hall–Kier alpha value is -1.06. The Balaban J connectivity index is 5.32. The number of hydrogen-bond acceptors (Lipinski definition) is 2. The molecule has 0 bridgehead atoms. The molecule has 0 rings (SSSR count). The number of rotatable bonds is 8. The monoisotopic (exact) mass is 243 g/mol. The summed E-state index contributed by atoms with van der Waals surface area (Å²) >= 11 is 0. The van der Waals surface area contributed by atoms with Crippen molar-refractivity contribution < 1.29 is 14.7 Å². The zero-order valence-corrected chi connectivity index (χ0v) is 11.6. The van der Waals surface area contributed by atoms with Crippen LogP contribution in [0.25, 0.3) is 0 Å². The maximum atomic E-state index is 11.6. The molecule has 0 saturated carbocycles. The van der Waals surface area contributed by atoms with Crippen molar-refractivity contribution in [1.82, 2.24) is 4.90 Å². The summed E-state index contributed by atoms with van der Waals surface area (Å²) in [4.78, 5) is 24.2. The minimum absolute atomic E-state index is 0.104. The van der Waals surface area contributed by atoms with Gasteiger partial charge in [-0.15, -0.1) is 0 Å². The van der Waals surface area contributed by atoms with Gasteiger partial charge in [0, 0.05) is 6.04 Å². The van der Waals surface area contributed by atoms with Gasteiger partial charge in [-0.2, -0.15) is 0 Å². The van der Waals surface area contributed by atoms with Crippen molar-refractivity contribution >= 4 is 12.4 Å². The molecule has 4 heteroatoms. The van der Waals surface area contributed by atoms with Crippen molar-refractivity contribution in [3.63, 3.8) is 0 Å². The second-order valence-corrected chi connectivity index (χ2v) is 5.01. The first-order valence-electron chi connectivity index (χ1n) is 6.32. The van der Waals surface area contributed by atoms with E-state index in [2.05, 4.69) is 0 Å². The molecule has 0 aromatic heterocycles. The van der Waals surface area contributed by atoms with Gasteiger partial charge >= 0.3 is 5.97 Å². The number of amides is 1. The highest BCUT2D eigenvalue weighted by Gasteiger charge is 2.44. The Morgan fingerprint density at radius 3 is 2.12 bits per heavy atom. The van der Waals surface area contributed by atoms with Gasteiger partial charge in [0.15, 0.2) is 0 Å². The maximum Gasteiger partial charge on any atom is 0.329 e. The van der Waals surface area contributed by atoms with Crippen LogP contribution in [0.4, 0.5) is 0 Å². The zero-order chi connectivity index (χ0) is 13.6. The van der Waals surface area contributed by atoms with Crippen LogP contribution < -0.4 is 0 Å². The molecule has 0 aromatic rings. The van der Waals surface area contributed by atoms with Crippen LogP contribution in [-0.4, -0.2) is 34.0 Å². The van der Waals surface area contributed by atoms with E-state index in [0.717, 1.165) is 6.42 Å². The lowest BCUT2D eigenvalue weighted by Gasteiger charge is -2.41. The molecule has 2 atom stereocenters. The highest BCUT2D eigenvalue weighted by Crippen LogP contribution is 2.30. The molecule has 4 nitrogen and oxygen atoms in total. The predicted octanol–water partition coefficient (Wildman–Crippen LogP) is 2.52. The lowest BCUT2D eigenvalue weighted by Crippen LogP contribution is -2.57. The van der Waals surface area contributed by atoms with Crippen molar-refractivity contribution in [1.29, 1.82) is 0 Å². The Morgan fingerprint density at radius 2 is 1.88 bits per heavy atom. The molecule has 0 aliphatic carbocycles. The topological polar surface area (TPSA) is 57.6 Å². The van der Waals surface area contributed by atoms with Crippen LogP contribution in [0.2, 0.25) is 0 Å². The number of carboxylic acids is 1. The highest BCUT2D eigenvalue weighted by molar-refractivity contribution is 5.81. The number of aliphatic carboxylic acids is 1. The second-order valence-electron chi connectivity index (χ2n) is 5.01. The minimum Gasteiger partial charge on any atom is -0.479 e. The second kappa shape index (κ2) is 6.62. The fraction of sp³-hybridized carbons (Fsp3) is 0.846. The van der Waals surface area contributed by atoms with Crippen LogP contribution in [0.3, 0.4) is 0 Å². The maximum absolute atomic E-state index is 11.6. The molecule has 0 radical (unpaired) electrons. The van der Waals surface area contributed by atoms with Crippen molar-refractivity contribution in [2.24, 2.45) is 5.92 Å². The SMILES string of the molecule is CCC(C)CC(CC)(C(=O)O)N(C=O)C(C)C. The van der Waals surface area contributed by atoms with Gasteiger partial charge in [0.05, 0.1) is 0 Å². The Bertz CT molecular complexity index is 265. The summed E-state index contributed by atoms with van der Waals surface area (Å²) in [5.41, 5.74) is -1.06. The average Bonchev–Trinajstić information content (AvgIpc) is 2.27. The van der Waals surface area contributed by atoms with E-state index in [0.29, 0.717) is 19.3 Å². The molecular formula is C13H25NO3. The molecule has 0 aliphatic heterocycles. The number of carbonyl (C=O) groups excluding carboxylic acids is 1. The average molecular weight is 243 g/mol. The first-order valence-corrected chi connectivity index (χ1v) is 6.32. The molecule has 2 unspecified atom stereocenters. The third-order valence-electron chi connectivity index (χ3n) is 3.53. The molecule has 100 valence electrons. The number of carboxylic acid groups (broad SMARTS) is 1. The smallest absolute Gasteiger partial charge is 0.329 e. The van der Waals surface area contributed by atoms with Crippen LogP contribution in [0.1, 0.15) is 53.9 Å². The molecular weight excluding hydrogens is 218 g/mol. The van der Waals surface area contributed by atoms with Crippen LogP contribution >= 0.6 is 0 Å². The molecule has 0 spiro atoms. The summed E-state index contributed by atoms with van der Waals surface area (Å²) in [6.45, 7) is 9.58. The third-order valence-corrected chi connectivity index (χ3v) is 3.53. The quantitative estimate of drug-likeness (QED) is 0.666. The molecule has 1 N–H and O–H groups in total. The predicted molar refractivity (Wildman–Crippen MR) is 67.8 cm³/mol. The number of hydrogen-bond donors (Lipinski definition) is 1. The number of carbonyl (C=O) groups is 2. The van der Waals surface area contributed by atoms with Crippen LogP contribution in [0, 0.1) is 5.92 Å². The van der Waals surface area contributed by atoms with Crippen LogP contribution in [0.5, 0.6) is 0 Å². The highest BCUT2D eigenvalue weighted by atomic mass is 16.4. The van der Waals surface area contributed by atoms with E-state index in [1.54, 1.807) is 0 Å². The van der Waals surface area contributed by atoms with Gasteiger partial charge in [0.25, 0.3) is 0 Å². The lowest BCUT2D eigenvalue weighted by molar-refractivity contribution is -0.159.